The van der Waals surface area contributed by atoms with E-state index in [4.69, 9.17) is 28.6 Å². The Kier molecular flexibility index (Phi) is 5.92. The third-order valence-electron chi connectivity index (χ3n) is 4.19. The predicted octanol–water partition coefficient (Wildman–Crippen LogP) is 4.76. The highest BCUT2D eigenvalue weighted by atomic mass is 35.5. The Labute approximate surface area is 181 Å². The second-order valence-corrected chi connectivity index (χ2v) is 7.10. The Morgan fingerprint density at radius 1 is 1.17 bits per heavy atom. The van der Waals surface area contributed by atoms with Gasteiger partial charge in [0, 0.05) is 18.2 Å². The van der Waals surface area contributed by atoms with Crippen molar-refractivity contribution in [3.8, 4) is 6.07 Å². The molecule has 0 bridgehead atoms. The molecule has 30 heavy (non-hydrogen) atoms. The SMILES string of the molecule is CC(=O)Nc1ccc(C(=O)N2C(=N)C(C#N)=C(O)/C2=C\c2ccc(Cl)c(Cl)c2)cc1. The van der Waals surface area contributed by atoms with Gasteiger partial charge in [0.1, 0.15) is 11.6 Å². The van der Waals surface area contributed by atoms with Crippen molar-refractivity contribution in [2.75, 3.05) is 5.32 Å². The largest absolute Gasteiger partial charge is 0.504 e. The monoisotopic (exact) mass is 440 g/mol. The normalized spacial score (nSPS) is 14.8. The standard InChI is InChI=1S/C21H14Cl2N4O3/c1-11(28)26-14-5-3-13(4-6-14)21(30)27-18(19(29)15(10-24)20(27)25)9-12-2-7-16(22)17(23)8-12/h2-9,25,29H,1H3,(H,26,28)/b18-9+,25-20?. The molecule has 2 amide bonds. The molecule has 0 fully saturated rings. The molecule has 2 aromatic rings. The number of nitriles is 1. The molecule has 3 N–H and O–H groups in total. The van der Waals surface area contributed by atoms with Crippen LogP contribution in [0, 0.1) is 16.7 Å². The minimum atomic E-state index is -0.627. The topological polar surface area (TPSA) is 117 Å². The van der Waals surface area contributed by atoms with E-state index in [-0.39, 0.29) is 27.8 Å². The summed E-state index contributed by atoms with van der Waals surface area (Å²) in [5, 5.41) is 31.2. The Bertz CT molecular complexity index is 1180. The minimum absolute atomic E-state index is 0.0362. The molecule has 0 spiro atoms. The number of hydrogen-bond donors (Lipinski definition) is 3. The molecule has 1 aliphatic heterocycles. The molecule has 3 rings (SSSR count). The van der Waals surface area contributed by atoms with E-state index in [1.165, 1.54) is 43.3 Å². The maximum atomic E-state index is 13.1. The number of carbonyl (C=O) groups is 2. The third kappa shape index (κ3) is 4.06. The van der Waals surface area contributed by atoms with Crippen molar-refractivity contribution in [1.29, 1.82) is 10.7 Å². The second kappa shape index (κ2) is 8.41. The zero-order valence-electron chi connectivity index (χ0n) is 15.5. The lowest BCUT2D eigenvalue weighted by atomic mass is 10.1. The molecule has 9 heteroatoms. The summed E-state index contributed by atoms with van der Waals surface area (Å²) in [6.07, 6.45) is 1.43. The van der Waals surface area contributed by atoms with E-state index in [0.29, 0.717) is 16.3 Å². The first-order valence-electron chi connectivity index (χ1n) is 8.54. The Morgan fingerprint density at radius 2 is 1.83 bits per heavy atom. The highest BCUT2D eigenvalue weighted by molar-refractivity contribution is 6.42. The number of benzene rings is 2. The average Bonchev–Trinajstić information content (AvgIpc) is 2.93. The highest BCUT2D eigenvalue weighted by Crippen LogP contribution is 2.32. The molecule has 0 atom stereocenters. The second-order valence-electron chi connectivity index (χ2n) is 6.29. The van der Waals surface area contributed by atoms with Crippen LogP contribution in [0.25, 0.3) is 6.08 Å². The molecule has 0 aromatic heterocycles. The molecule has 0 radical (unpaired) electrons. The Balaban J connectivity index is 2.02. The average molecular weight is 441 g/mol. The number of rotatable bonds is 3. The van der Waals surface area contributed by atoms with Gasteiger partial charge in [0.05, 0.1) is 15.7 Å². The van der Waals surface area contributed by atoms with Crippen LogP contribution in [0.15, 0.2) is 59.5 Å². The first-order valence-corrected chi connectivity index (χ1v) is 9.30. The molecule has 150 valence electrons. The predicted molar refractivity (Wildman–Crippen MR) is 114 cm³/mol. The van der Waals surface area contributed by atoms with Crippen LogP contribution in [0.5, 0.6) is 0 Å². The van der Waals surface area contributed by atoms with Crippen molar-refractivity contribution in [2.45, 2.75) is 6.92 Å². The van der Waals surface area contributed by atoms with Crippen LogP contribution in [0.4, 0.5) is 5.69 Å². The summed E-state index contributed by atoms with van der Waals surface area (Å²) in [5.41, 5.74) is 0.842. The zero-order valence-corrected chi connectivity index (χ0v) is 17.0. The van der Waals surface area contributed by atoms with Gasteiger partial charge >= 0.3 is 0 Å². The summed E-state index contributed by atoms with van der Waals surface area (Å²) < 4.78 is 0. The molecule has 2 aromatic carbocycles. The lowest BCUT2D eigenvalue weighted by Crippen LogP contribution is -2.32. The van der Waals surface area contributed by atoms with Gasteiger partial charge in [-0.1, -0.05) is 29.3 Å². The minimum Gasteiger partial charge on any atom is -0.504 e. The van der Waals surface area contributed by atoms with Crippen molar-refractivity contribution in [1.82, 2.24) is 4.90 Å². The molecule has 0 saturated heterocycles. The van der Waals surface area contributed by atoms with Gasteiger partial charge in [-0.15, -0.1) is 0 Å². The van der Waals surface area contributed by atoms with Gasteiger partial charge in [0.15, 0.2) is 11.6 Å². The van der Waals surface area contributed by atoms with Gasteiger partial charge in [0.2, 0.25) is 5.91 Å². The lowest BCUT2D eigenvalue weighted by molar-refractivity contribution is -0.114. The first kappa shape index (κ1) is 21.1. The fraction of sp³-hybridized carbons (Fsp3) is 0.0476. The van der Waals surface area contributed by atoms with E-state index in [0.717, 1.165) is 4.90 Å². The van der Waals surface area contributed by atoms with Crippen LogP contribution < -0.4 is 5.32 Å². The number of amidine groups is 1. The maximum Gasteiger partial charge on any atom is 0.264 e. The van der Waals surface area contributed by atoms with Gasteiger partial charge in [-0.3, -0.25) is 19.9 Å². The summed E-state index contributed by atoms with van der Waals surface area (Å²) >= 11 is 11.9. The van der Waals surface area contributed by atoms with Crippen molar-refractivity contribution < 1.29 is 14.7 Å². The molecule has 1 aliphatic rings. The maximum absolute atomic E-state index is 13.1. The highest BCUT2D eigenvalue weighted by Gasteiger charge is 2.37. The number of carbonyl (C=O) groups excluding carboxylic acids is 2. The van der Waals surface area contributed by atoms with Crippen LogP contribution in [-0.2, 0) is 4.79 Å². The fourth-order valence-electron chi connectivity index (χ4n) is 2.82. The van der Waals surface area contributed by atoms with Crippen LogP contribution in [0.1, 0.15) is 22.8 Å². The fourth-order valence-corrected chi connectivity index (χ4v) is 3.12. The van der Waals surface area contributed by atoms with Crippen LogP contribution in [0.3, 0.4) is 0 Å². The molecule has 1 heterocycles. The molecular formula is C21H14Cl2N4O3. The number of nitrogens with zero attached hydrogens (tertiary/aromatic N) is 2. The van der Waals surface area contributed by atoms with Gasteiger partial charge in [-0.2, -0.15) is 5.26 Å². The summed E-state index contributed by atoms with van der Waals surface area (Å²) in [6, 6.07) is 12.5. The summed E-state index contributed by atoms with van der Waals surface area (Å²) in [5.74, 6) is -1.82. The van der Waals surface area contributed by atoms with Gasteiger partial charge < -0.3 is 10.4 Å². The van der Waals surface area contributed by atoms with Crippen LogP contribution in [-0.4, -0.2) is 27.7 Å². The molecule has 7 nitrogen and oxygen atoms in total. The summed E-state index contributed by atoms with van der Waals surface area (Å²) in [7, 11) is 0. The van der Waals surface area contributed by atoms with Crippen LogP contribution >= 0.6 is 23.2 Å². The van der Waals surface area contributed by atoms with Gasteiger partial charge in [-0.25, -0.2) is 0 Å². The van der Waals surface area contributed by atoms with E-state index in [1.807, 2.05) is 0 Å². The Morgan fingerprint density at radius 3 is 2.40 bits per heavy atom. The van der Waals surface area contributed by atoms with Crippen molar-refractivity contribution >= 4 is 52.6 Å². The number of anilines is 1. The lowest BCUT2D eigenvalue weighted by Gasteiger charge is -2.19. The number of aliphatic hydroxyl groups excluding tert-OH is 1. The number of nitrogens with one attached hydrogen (secondary N) is 2. The number of aliphatic hydroxyl groups is 1. The number of halogens is 2. The van der Waals surface area contributed by atoms with Crippen molar-refractivity contribution in [3.05, 3.63) is 80.7 Å². The molecule has 0 saturated carbocycles. The van der Waals surface area contributed by atoms with Crippen LogP contribution in [0.2, 0.25) is 10.0 Å². The van der Waals surface area contributed by atoms with E-state index in [2.05, 4.69) is 5.32 Å². The molecule has 0 aliphatic carbocycles. The quantitative estimate of drug-likeness (QED) is 0.637. The van der Waals surface area contributed by atoms with E-state index < -0.39 is 17.5 Å². The van der Waals surface area contributed by atoms with E-state index >= 15 is 0 Å². The van der Waals surface area contributed by atoms with Gasteiger partial charge in [-0.05, 0) is 48.0 Å². The third-order valence-corrected chi connectivity index (χ3v) is 4.93. The zero-order chi connectivity index (χ0) is 22.0. The van der Waals surface area contributed by atoms with Gasteiger partial charge in [0.25, 0.3) is 5.91 Å². The van der Waals surface area contributed by atoms with Crippen molar-refractivity contribution in [2.24, 2.45) is 0 Å². The molecular weight excluding hydrogens is 427 g/mol. The summed E-state index contributed by atoms with van der Waals surface area (Å²) in [6.45, 7) is 1.36. The van der Waals surface area contributed by atoms with E-state index in [1.54, 1.807) is 18.2 Å². The molecule has 0 unspecified atom stereocenters. The first-order chi connectivity index (χ1) is 14.2. The number of hydrogen-bond acceptors (Lipinski definition) is 5. The Hall–Kier alpha value is -3.60. The summed E-state index contributed by atoms with van der Waals surface area (Å²) in [4.78, 5) is 25.2. The van der Waals surface area contributed by atoms with Crippen molar-refractivity contribution in [3.63, 3.8) is 0 Å². The van der Waals surface area contributed by atoms with E-state index in [9.17, 15) is 20.0 Å². The smallest absolute Gasteiger partial charge is 0.264 e. The number of amides is 2.